The van der Waals surface area contributed by atoms with Crippen LogP contribution in [0.25, 0.3) is 0 Å². The second kappa shape index (κ2) is 5.09. The van der Waals surface area contributed by atoms with Gasteiger partial charge in [-0.15, -0.1) is 0 Å². The van der Waals surface area contributed by atoms with Crippen molar-refractivity contribution in [3.8, 4) is 0 Å². The molecule has 0 saturated heterocycles. The van der Waals surface area contributed by atoms with Crippen molar-refractivity contribution in [2.75, 3.05) is 11.9 Å². The fraction of sp³-hybridized carbons (Fsp3) is 0.333. The van der Waals surface area contributed by atoms with Gasteiger partial charge in [0.2, 0.25) is 0 Å². The fourth-order valence-electron chi connectivity index (χ4n) is 2.21. The lowest BCUT2D eigenvalue weighted by atomic mass is 10.2. The number of aromatic amines is 1. The fourth-order valence-corrected chi connectivity index (χ4v) is 2.21. The molecule has 1 heterocycles. The molecule has 0 unspecified atom stereocenters. The Morgan fingerprint density at radius 2 is 2.20 bits per heavy atom. The van der Waals surface area contributed by atoms with E-state index in [0.29, 0.717) is 18.3 Å². The molecule has 1 aliphatic carbocycles. The molecule has 3 rings (SSSR count). The molecule has 20 heavy (non-hydrogen) atoms. The van der Waals surface area contributed by atoms with Crippen LogP contribution in [0, 0.1) is 0 Å². The van der Waals surface area contributed by atoms with Gasteiger partial charge < -0.3 is 15.6 Å². The summed E-state index contributed by atoms with van der Waals surface area (Å²) in [5.74, 6) is 1.89. The Kier molecular flexibility index (Phi) is 3.28. The quantitative estimate of drug-likeness (QED) is 0.889. The summed E-state index contributed by atoms with van der Waals surface area (Å²) in [6.07, 6.45) is 2.22. The summed E-state index contributed by atoms with van der Waals surface area (Å²) < 4.78 is 0. The summed E-state index contributed by atoms with van der Waals surface area (Å²) in [7, 11) is 1.91. The Morgan fingerprint density at radius 3 is 2.90 bits per heavy atom. The molecule has 5 nitrogen and oxygen atoms in total. The number of aromatic nitrogens is 2. The van der Waals surface area contributed by atoms with Gasteiger partial charge in [0.15, 0.2) is 0 Å². The van der Waals surface area contributed by atoms with Gasteiger partial charge >= 0.3 is 0 Å². The molecule has 0 spiro atoms. The third-order valence-electron chi connectivity index (χ3n) is 3.59. The van der Waals surface area contributed by atoms with Crippen LogP contribution in [-0.2, 0) is 6.54 Å². The Morgan fingerprint density at radius 1 is 1.40 bits per heavy atom. The topological polar surface area (TPSA) is 75.0 Å². The lowest BCUT2D eigenvalue weighted by molar-refractivity contribution is 0.896. The number of anilines is 2. The first-order valence-corrected chi connectivity index (χ1v) is 6.81. The van der Waals surface area contributed by atoms with E-state index in [9.17, 15) is 4.79 Å². The Hall–Kier alpha value is -2.14. The molecule has 0 radical (unpaired) electrons. The molecular formula is C15H18N4O. The van der Waals surface area contributed by atoms with Crippen LogP contribution in [0.3, 0.4) is 0 Å². The summed E-state index contributed by atoms with van der Waals surface area (Å²) in [4.78, 5) is 21.1. The number of hydrogen-bond donors (Lipinski definition) is 2. The van der Waals surface area contributed by atoms with Crippen molar-refractivity contribution >= 4 is 11.5 Å². The first-order chi connectivity index (χ1) is 9.67. The van der Waals surface area contributed by atoms with Crippen molar-refractivity contribution in [1.29, 1.82) is 0 Å². The van der Waals surface area contributed by atoms with Crippen LogP contribution in [0.1, 0.15) is 30.1 Å². The molecule has 2 aromatic rings. The maximum absolute atomic E-state index is 11.8. The van der Waals surface area contributed by atoms with Gasteiger partial charge in [-0.05, 0) is 30.5 Å². The summed E-state index contributed by atoms with van der Waals surface area (Å²) in [6, 6.07) is 9.47. The minimum atomic E-state index is -0.0984. The molecule has 0 bridgehead atoms. The number of nitrogens with two attached hydrogens (primary N) is 1. The second-order valence-electron chi connectivity index (χ2n) is 5.20. The zero-order valence-corrected chi connectivity index (χ0v) is 11.5. The average molecular weight is 270 g/mol. The summed E-state index contributed by atoms with van der Waals surface area (Å²) in [5.41, 5.74) is 7.60. The largest absolute Gasteiger partial charge is 0.329 e. The van der Waals surface area contributed by atoms with Gasteiger partial charge in [0.1, 0.15) is 11.6 Å². The molecule has 3 N–H and O–H groups in total. The highest BCUT2D eigenvalue weighted by molar-refractivity contribution is 5.59. The van der Waals surface area contributed by atoms with Crippen LogP contribution in [0.5, 0.6) is 0 Å². The Bertz CT molecular complexity index is 676. The zero-order valence-electron chi connectivity index (χ0n) is 11.5. The maximum Gasteiger partial charge on any atom is 0.253 e. The highest BCUT2D eigenvalue weighted by Crippen LogP contribution is 2.38. The van der Waals surface area contributed by atoms with Crippen molar-refractivity contribution in [3.05, 3.63) is 52.1 Å². The van der Waals surface area contributed by atoms with Crippen molar-refractivity contribution < 1.29 is 0 Å². The Balaban J connectivity index is 1.96. The molecule has 1 aliphatic rings. The van der Waals surface area contributed by atoms with Crippen LogP contribution in [0.4, 0.5) is 11.5 Å². The molecule has 1 aromatic heterocycles. The van der Waals surface area contributed by atoms with Gasteiger partial charge in [0, 0.05) is 31.3 Å². The van der Waals surface area contributed by atoms with Crippen molar-refractivity contribution in [2.45, 2.75) is 25.3 Å². The molecule has 1 saturated carbocycles. The van der Waals surface area contributed by atoms with E-state index in [1.807, 2.05) is 36.2 Å². The molecule has 0 atom stereocenters. The summed E-state index contributed by atoms with van der Waals surface area (Å²) in [5, 5.41) is 0. The number of benzene rings is 1. The molecule has 104 valence electrons. The predicted octanol–water partition coefficient (Wildman–Crippen LogP) is 1.87. The molecular weight excluding hydrogens is 252 g/mol. The van der Waals surface area contributed by atoms with Crippen LogP contribution >= 0.6 is 0 Å². The third kappa shape index (κ3) is 2.58. The van der Waals surface area contributed by atoms with Crippen LogP contribution in [0.2, 0.25) is 0 Å². The Labute approximate surface area is 117 Å². The predicted molar refractivity (Wildman–Crippen MR) is 79.2 cm³/mol. The molecule has 0 amide bonds. The van der Waals surface area contributed by atoms with E-state index in [1.54, 1.807) is 0 Å². The van der Waals surface area contributed by atoms with Gasteiger partial charge in [0.05, 0.1) is 0 Å². The lowest BCUT2D eigenvalue weighted by Gasteiger charge is -2.19. The molecule has 0 aliphatic heterocycles. The van der Waals surface area contributed by atoms with E-state index in [0.717, 1.165) is 29.9 Å². The highest BCUT2D eigenvalue weighted by Gasteiger charge is 2.26. The van der Waals surface area contributed by atoms with Crippen LogP contribution in [0.15, 0.2) is 35.1 Å². The molecule has 1 aromatic carbocycles. The normalized spacial score (nSPS) is 14.3. The summed E-state index contributed by atoms with van der Waals surface area (Å²) >= 11 is 0. The zero-order chi connectivity index (χ0) is 14.1. The van der Waals surface area contributed by atoms with Crippen LogP contribution in [-0.4, -0.2) is 17.0 Å². The van der Waals surface area contributed by atoms with Crippen molar-refractivity contribution in [2.24, 2.45) is 5.73 Å². The SMILES string of the molecule is CN(c1cccc(CN)c1)c1cc(=O)[nH]c(C2CC2)n1. The summed E-state index contributed by atoms with van der Waals surface area (Å²) in [6.45, 7) is 0.498. The van der Waals surface area contributed by atoms with E-state index in [4.69, 9.17) is 5.73 Å². The maximum atomic E-state index is 11.8. The minimum Gasteiger partial charge on any atom is -0.329 e. The standard InChI is InChI=1S/C15H18N4O/c1-19(12-4-2-3-10(7-12)9-16)13-8-14(20)18-15(17-13)11-5-6-11/h2-4,7-8,11H,5-6,9,16H2,1H3,(H,17,18,20). The van der Waals surface area contributed by atoms with E-state index >= 15 is 0 Å². The molecule has 1 fully saturated rings. The number of rotatable bonds is 4. The first-order valence-electron chi connectivity index (χ1n) is 6.81. The third-order valence-corrected chi connectivity index (χ3v) is 3.59. The first kappa shape index (κ1) is 12.9. The van der Waals surface area contributed by atoms with Gasteiger partial charge in [-0.1, -0.05) is 12.1 Å². The van der Waals surface area contributed by atoms with E-state index < -0.39 is 0 Å². The van der Waals surface area contributed by atoms with E-state index in [-0.39, 0.29) is 5.56 Å². The highest BCUT2D eigenvalue weighted by atomic mass is 16.1. The van der Waals surface area contributed by atoms with Crippen LogP contribution < -0.4 is 16.2 Å². The average Bonchev–Trinajstić information content (AvgIpc) is 3.30. The van der Waals surface area contributed by atoms with E-state index in [1.165, 1.54) is 6.07 Å². The number of nitrogens with zero attached hydrogens (tertiary/aromatic N) is 2. The second-order valence-corrected chi connectivity index (χ2v) is 5.20. The van der Waals surface area contributed by atoms with Gasteiger partial charge in [0.25, 0.3) is 5.56 Å². The minimum absolute atomic E-state index is 0.0984. The van der Waals surface area contributed by atoms with E-state index in [2.05, 4.69) is 9.97 Å². The monoisotopic (exact) mass is 270 g/mol. The van der Waals surface area contributed by atoms with Gasteiger partial charge in [-0.25, -0.2) is 4.98 Å². The lowest BCUT2D eigenvalue weighted by Crippen LogP contribution is -2.18. The van der Waals surface area contributed by atoms with Gasteiger partial charge in [-0.2, -0.15) is 0 Å². The van der Waals surface area contributed by atoms with Gasteiger partial charge in [-0.3, -0.25) is 4.79 Å². The number of H-pyrrole nitrogens is 1. The smallest absolute Gasteiger partial charge is 0.253 e. The molecule has 5 heteroatoms. The van der Waals surface area contributed by atoms with Crippen molar-refractivity contribution in [3.63, 3.8) is 0 Å². The van der Waals surface area contributed by atoms with Crippen molar-refractivity contribution in [1.82, 2.24) is 9.97 Å². The number of hydrogen-bond acceptors (Lipinski definition) is 4. The number of nitrogens with one attached hydrogen (secondary N) is 1.